The molecule has 0 unspecified atom stereocenters. The number of nitrogens with one attached hydrogen (secondary N) is 2. The highest BCUT2D eigenvalue weighted by molar-refractivity contribution is 6.29. The first-order chi connectivity index (χ1) is 9.60. The van der Waals surface area contributed by atoms with Crippen molar-refractivity contribution < 1.29 is 13.9 Å². The van der Waals surface area contributed by atoms with Gasteiger partial charge in [-0.3, -0.25) is 15.6 Å². The molecule has 0 atom stereocenters. The van der Waals surface area contributed by atoms with Crippen LogP contribution in [0.5, 0.6) is 5.88 Å². The first kappa shape index (κ1) is 14.0. The molecule has 0 aromatic carbocycles. The quantitative estimate of drug-likeness (QED) is 0.667. The maximum absolute atomic E-state index is 13.4. The SMILES string of the molecule is COc1ncc(NNC(=O)c2ccc(Cl)nc2)cc1F. The average Bonchev–Trinajstić information content (AvgIpc) is 2.45. The molecule has 0 radical (unpaired) electrons. The van der Waals surface area contributed by atoms with E-state index in [4.69, 9.17) is 11.6 Å². The molecule has 2 aromatic heterocycles. The van der Waals surface area contributed by atoms with Crippen LogP contribution in [0.2, 0.25) is 5.15 Å². The fourth-order valence-corrected chi connectivity index (χ4v) is 1.47. The Morgan fingerprint density at radius 3 is 2.75 bits per heavy atom. The molecule has 2 aromatic rings. The largest absolute Gasteiger partial charge is 0.479 e. The van der Waals surface area contributed by atoms with E-state index >= 15 is 0 Å². The van der Waals surface area contributed by atoms with E-state index in [1.54, 1.807) is 0 Å². The Hall–Kier alpha value is -2.41. The van der Waals surface area contributed by atoms with E-state index < -0.39 is 11.7 Å². The van der Waals surface area contributed by atoms with Gasteiger partial charge in [0.2, 0.25) is 5.88 Å². The molecule has 8 heteroatoms. The van der Waals surface area contributed by atoms with Crippen molar-refractivity contribution in [2.45, 2.75) is 0 Å². The van der Waals surface area contributed by atoms with E-state index in [-0.39, 0.29) is 16.7 Å². The predicted octanol–water partition coefficient (Wildman–Crippen LogP) is 2.03. The summed E-state index contributed by atoms with van der Waals surface area (Å²) in [5.41, 5.74) is 5.50. The Balaban J connectivity index is 1.99. The number of pyridine rings is 2. The van der Waals surface area contributed by atoms with Crippen LogP contribution in [-0.2, 0) is 0 Å². The lowest BCUT2D eigenvalue weighted by molar-refractivity contribution is 0.0962. The maximum Gasteiger partial charge on any atom is 0.271 e. The molecular formula is C12H10ClFN4O2. The number of amides is 1. The van der Waals surface area contributed by atoms with Gasteiger partial charge in [-0.2, -0.15) is 0 Å². The number of halogens is 2. The minimum atomic E-state index is -0.639. The first-order valence-corrected chi connectivity index (χ1v) is 5.85. The topological polar surface area (TPSA) is 76.1 Å². The van der Waals surface area contributed by atoms with Crippen molar-refractivity contribution in [3.8, 4) is 5.88 Å². The van der Waals surface area contributed by atoms with E-state index in [0.29, 0.717) is 5.56 Å². The van der Waals surface area contributed by atoms with Crippen molar-refractivity contribution in [3.05, 3.63) is 47.1 Å². The van der Waals surface area contributed by atoms with Crippen molar-refractivity contribution in [1.29, 1.82) is 0 Å². The van der Waals surface area contributed by atoms with Crippen molar-refractivity contribution in [2.24, 2.45) is 0 Å². The van der Waals surface area contributed by atoms with Crippen LogP contribution in [0.25, 0.3) is 0 Å². The van der Waals surface area contributed by atoms with Gasteiger partial charge in [-0.05, 0) is 12.1 Å². The lowest BCUT2D eigenvalue weighted by atomic mass is 10.3. The molecule has 6 nitrogen and oxygen atoms in total. The van der Waals surface area contributed by atoms with E-state index in [1.165, 1.54) is 31.6 Å². The molecule has 0 bridgehead atoms. The Morgan fingerprint density at radius 1 is 1.35 bits per heavy atom. The molecule has 104 valence electrons. The minimum absolute atomic E-state index is 0.122. The van der Waals surface area contributed by atoms with Gasteiger partial charge < -0.3 is 4.74 Å². The van der Waals surface area contributed by atoms with Crippen LogP contribution >= 0.6 is 11.6 Å². The first-order valence-electron chi connectivity index (χ1n) is 5.47. The molecule has 0 saturated heterocycles. The number of carbonyl (C=O) groups excluding carboxylic acids is 1. The highest BCUT2D eigenvalue weighted by atomic mass is 35.5. The highest BCUT2D eigenvalue weighted by Crippen LogP contribution is 2.16. The summed E-state index contributed by atoms with van der Waals surface area (Å²) in [5.74, 6) is -1.20. The van der Waals surface area contributed by atoms with Gasteiger partial charge in [-0.1, -0.05) is 11.6 Å². The van der Waals surface area contributed by atoms with Crippen LogP contribution in [0.15, 0.2) is 30.6 Å². The Labute approximate surface area is 118 Å². The number of hydrazine groups is 1. The predicted molar refractivity (Wildman–Crippen MR) is 71.1 cm³/mol. The van der Waals surface area contributed by atoms with Gasteiger partial charge in [0.15, 0.2) is 5.82 Å². The van der Waals surface area contributed by atoms with Gasteiger partial charge in [-0.25, -0.2) is 14.4 Å². The van der Waals surface area contributed by atoms with Crippen molar-refractivity contribution >= 4 is 23.2 Å². The summed E-state index contributed by atoms with van der Waals surface area (Å²) in [7, 11) is 1.31. The van der Waals surface area contributed by atoms with Crippen molar-refractivity contribution in [3.63, 3.8) is 0 Å². The lowest BCUT2D eigenvalue weighted by Crippen LogP contribution is -2.29. The fourth-order valence-electron chi connectivity index (χ4n) is 1.36. The van der Waals surface area contributed by atoms with E-state index in [0.717, 1.165) is 6.07 Å². The molecule has 2 N–H and O–H groups in total. The number of rotatable bonds is 4. The second-order valence-electron chi connectivity index (χ2n) is 3.66. The highest BCUT2D eigenvalue weighted by Gasteiger charge is 2.08. The van der Waals surface area contributed by atoms with Crippen LogP contribution in [0, 0.1) is 5.82 Å². The molecule has 2 heterocycles. The summed E-state index contributed by atoms with van der Waals surface area (Å²) in [6.07, 6.45) is 2.65. The zero-order chi connectivity index (χ0) is 14.5. The molecule has 20 heavy (non-hydrogen) atoms. The second kappa shape index (κ2) is 6.16. The maximum atomic E-state index is 13.4. The van der Waals surface area contributed by atoms with Crippen molar-refractivity contribution in [1.82, 2.24) is 15.4 Å². The van der Waals surface area contributed by atoms with E-state index in [2.05, 4.69) is 25.6 Å². The van der Waals surface area contributed by atoms with Gasteiger partial charge in [0.1, 0.15) is 5.15 Å². The smallest absolute Gasteiger partial charge is 0.271 e. The van der Waals surface area contributed by atoms with E-state index in [9.17, 15) is 9.18 Å². The monoisotopic (exact) mass is 296 g/mol. The number of hydrogen-bond donors (Lipinski definition) is 2. The molecule has 0 fully saturated rings. The summed E-state index contributed by atoms with van der Waals surface area (Å²) in [6.45, 7) is 0. The zero-order valence-corrected chi connectivity index (χ0v) is 11.1. The van der Waals surface area contributed by atoms with Gasteiger partial charge in [0.25, 0.3) is 5.91 Å². The summed E-state index contributed by atoms with van der Waals surface area (Å²) < 4.78 is 18.1. The molecule has 0 aliphatic carbocycles. The van der Waals surface area contributed by atoms with Crippen LogP contribution < -0.4 is 15.6 Å². The second-order valence-corrected chi connectivity index (χ2v) is 4.05. The third kappa shape index (κ3) is 3.33. The van der Waals surface area contributed by atoms with E-state index in [1.807, 2.05) is 0 Å². The number of hydrogen-bond acceptors (Lipinski definition) is 5. The fraction of sp³-hybridized carbons (Fsp3) is 0.0833. The lowest BCUT2D eigenvalue weighted by Gasteiger charge is -2.09. The third-order valence-corrected chi connectivity index (χ3v) is 2.53. The molecule has 0 spiro atoms. The Morgan fingerprint density at radius 2 is 2.15 bits per heavy atom. The molecule has 2 rings (SSSR count). The van der Waals surface area contributed by atoms with Gasteiger partial charge >= 0.3 is 0 Å². The van der Waals surface area contributed by atoms with Crippen molar-refractivity contribution in [2.75, 3.05) is 12.5 Å². The number of carbonyl (C=O) groups is 1. The summed E-state index contributed by atoms with van der Waals surface area (Å²) in [4.78, 5) is 19.2. The van der Waals surface area contributed by atoms with Gasteiger partial charge in [-0.15, -0.1) is 0 Å². The summed E-state index contributed by atoms with van der Waals surface area (Å²) in [6, 6.07) is 4.15. The number of anilines is 1. The number of methoxy groups -OCH3 is 1. The Kier molecular flexibility index (Phi) is 4.31. The molecule has 0 aliphatic heterocycles. The zero-order valence-electron chi connectivity index (χ0n) is 10.4. The van der Waals surface area contributed by atoms with Crippen LogP contribution in [-0.4, -0.2) is 23.0 Å². The third-order valence-electron chi connectivity index (χ3n) is 2.31. The van der Waals surface area contributed by atoms with Crippen LogP contribution in [0.4, 0.5) is 10.1 Å². The number of nitrogens with zero attached hydrogens (tertiary/aromatic N) is 2. The summed E-state index contributed by atoms with van der Waals surface area (Å²) >= 11 is 5.62. The molecule has 0 aliphatic rings. The molecule has 1 amide bonds. The van der Waals surface area contributed by atoms with Crippen LogP contribution in [0.1, 0.15) is 10.4 Å². The van der Waals surface area contributed by atoms with Gasteiger partial charge in [0.05, 0.1) is 24.6 Å². The Bertz CT molecular complexity index is 621. The number of aromatic nitrogens is 2. The number of ether oxygens (including phenoxy) is 1. The summed E-state index contributed by atoms with van der Waals surface area (Å²) in [5, 5.41) is 0.288. The van der Waals surface area contributed by atoms with Crippen LogP contribution in [0.3, 0.4) is 0 Å². The molecule has 0 saturated carbocycles. The van der Waals surface area contributed by atoms with Gasteiger partial charge in [0, 0.05) is 12.3 Å². The standard InChI is InChI=1S/C12H10ClFN4O2/c1-20-12-9(14)4-8(6-16-12)17-18-11(19)7-2-3-10(13)15-5-7/h2-6,17H,1H3,(H,18,19). The average molecular weight is 297 g/mol. The molecular weight excluding hydrogens is 287 g/mol. The normalized spacial score (nSPS) is 9.95. The minimum Gasteiger partial charge on any atom is -0.479 e.